The molecule has 0 atom stereocenters. The number of halogens is 1. The molecule has 0 bridgehead atoms. The monoisotopic (exact) mass is 298 g/mol. The van der Waals surface area contributed by atoms with Gasteiger partial charge in [0.1, 0.15) is 0 Å². The average molecular weight is 299 g/mol. The minimum atomic E-state index is 0.0179. The summed E-state index contributed by atoms with van der Waals surface area (Å²) < 4.78 is 5.53. The molecule has 0 radical (unpaired) electrons. The zero-order valence-electron chi connectivity index (χ0n) is 12.7. The lowest BCUT2D eigenvalue weighted by Crippen LogP contribution is -2.27. The Morgan fingerprint density at radius 2 is 1.90 bits per heavy atom. The molecule has 0 aromatic carbocycles. The van der Waals surface area contributed by atoms with Crippen molar-refractivity contribution >= 4 is 17.5 Å². The lowest BCUT2D eigenvalue weighted by Gasteiger charge is -2.23. The third kappa shape index (κ3) is 4.20. The Balaban J connectivity index is 2.17. The van der Waals surface area contributed by atoms with Crippen molar-refractivity contribution < 1.29 is 4.74 Å². The predicted octanol–water partition coefficient (Wildman–Crippen LogP) is 3.33. The molecule has 2 rings (SSSR count). The molecule has 1 aromatic rings. The molecular formula is C14H23ClN4O. The number of nitrogens with zero attached hydrogens (tertiary/aromatic N) is 4. The molecule has 1 aromatic heterocycles. The van der Waals surface area contributed by atoms with Crippen molar-refractivity contribution in [2.75, 3.05) is 18.0 Å². The molecule has 112 valence electrons. The van der Waals surface area contributed by atoms with Crippen LogP contribution >= 0.6 is 11.6 Å². The first-order valence-electron chi connectivity index (χ1n) is 7.19. The fourth-order valence-electron chi connectivity index (χ4n) is 2.35. The van der Waals surface area contributed by atoms with Gasteiger partial charge in [-0.3, -0.25) is 0 Å². The smallest absolute Gasteiger partial charge is 0.322 e. The summed E-state index contributed by atoms with van der Waals surface area (Å²) in [5.74, 6) is 0.623. The summed E-state index contributed by atoms with van der Waals surface area (Å²) in [6, 6.07) is 0.304. The molecule has 1 aliphatic rings. The number of rotatable bonds is 3. The molecule has 0 aliphatic carbocycles. The summed E-state index contributed by atoms with van der Waals surface area (Å²) in [5, 5.41) is 0.189. The van der Waals surface area contributed by atoms with E-state index in [9.17, 15) is 0 Å². The fraction of sp³-hybridized carbons (Fsp3) is 0.786. The summed E-state index contributed by atoms with van der Waals surface area (Å²) in [4.78, 5) is 14.8. The summed E-state index contributed by atoms with van der Waals surface area (Å²) in [6.07, 6.45) is 3.50. The molecule has 0 amide bonds. The van der Waals surface area contributed by atoms with E-state index in [0.717, 1.165) is 25.9 Å². The fourth-order valence-corrected chi connectivity index (χ4v) is 2.50. The standard InChI is InChI=1S/C14H23ClN4O/c1-10(2)20-13-17-11(15)16-12(18-13)19-8-5-6-14(3,4)7-9-19/h10H,5-9H2,1-4H3. The molecule has 1 aliphatic heterocycles. The highest BCUT2D eigenvalue weighted by molar-refractivity contribution is 6.28. The van der Waals surface area contributed by atoms with Gasteiger partial charge in [-0.25, -0.2) is 0 Å². The van der Waals surface area contributed by atoms with Gasteiger partial charge in [0.2, 0.25) is 11.2 Å². The van der Waals surface area contributed by atoms with Gasteiger partial charge in [0.15, 0.2) is 0 Å². The van der Waals surface area contributed by atoms with Crippen molar-refractivity contribution in [2.45, 2.75) is 53.1 Å². The van der Waals surface area contributed by atoms with Gasteiger partial charge in [-0.2, -0.15) is 15.0 Å². The van der Waals surface area contributed by atoms with Crippen LogP contribution in [0, 0.1) is 5.41 Å². The molecule has 0 unspecified atom stereocenters. The van der Waals surface area contributed by atoms with Crippen molar-refractivity contribution in [1.29, 1.82) is 0 Å². The van der Waals surface area contributed by atoms with Crippen LogP contribution in [0.4, 0.5) is 5.95 Å². The van der Waals surface area contributed by atoms with E-state index in [2.05, 4.69) is 33.7 Å². The maximum absolute atomic E-state index is 5.98. The Bertz CT molecular complexity index is 464. The molecule has 0 N–H and O–H groups in total. The molecule has 1 saturated heterocycles. The normalized spacial score (nSPS) is 19.0. The molecule has 0 saturated carbocycles. The van der Waals surface area contributed by atoms with Gasteiger partial charge in [0.05, 0.1) is 6.10 Å². The van der Waals surface area contributed by atoms with E-state index in [1.807, 2.05) is 13.8 Å². The summed E-state index contributed by atoms with van der Waals surface area (Å²) in [7, 11) is 0. The van der Waals surface area contributed by atoms with E-state index in [4.69, 9.17) is 16.3 Å². The van der Waals surface area contributed by atoms with Gasteiger partial charge in [0, 0.05) is 13.1 Å². The highest BCUT2D eigenvalue weighted by Gasteiger charge is 2.24. The molecular weight excluding hydrogens is 276 g/mol. The van der Waals surface area contributed by atoms with Gasteiger partial charge in [-0.1, -0.05) is 13.8 Å². The molecule has 5 nitrogen and oxygen atoms in total. The van der Waals surface area contributed by atoms with Crippen LogP contribution in [0.1, 0.15) is 47.0 Å². The third-order valence-electron chi connectivity index (χ3n) is 3.54. The van der Waals surface area contributed by atoms with Crippen LogP contribution in [0.5, 0.6) is 6.01 Å². The number of hydrogen-bond donors (Lipinski definition) is 0. The second kappa shape index (κ2) is 6.12. The topological polar surface area (TPSA) is 51.1 Å². The van der Waals surface area contributed by atoms with Crippen molar-refractivity contribution in [3.05, 3.63) is 5.28 Å². The Labute approximate surface area is 125 Å². The molecule has 6 heteroatoms. The van der Waals surface area contributed by atoms with Crippen LogP contribution in [-0.4, -0.2) is 34.1 Å². The molecule has 2 heterocycles. The predicted molar refractivity (Wildman–Crippen MR) is 80.4 cm³/mol. The summed E-state index contributed by atoms with van der Waals surface area (Å²) in [6.45, 7) is 10.4. The van der Waals surface area contributed by atoms with Crippen LogP contribution in [-0.2, 0) is 0 Å². The maximum Gasteiger partial charge on any atom is 0.322 e. The van der Waals surface area contributed by atoms with Crippen LogP contribution in [0.2, 0.25) is 5.28 Å². The van der Waals surface area contributed by atoms with Crippen molar-refractivity contribution in [1.82, 2.24) is 15.0 Å². The van der Waals surface area contributed by atoms with E-state index < -0.39 is 0 Å². The highest BCUT2D eigenvalue weighted by Crippen LogP contribution is 2.31. The average Bonchev–Trinajstić information content (AvgIpc) is 2.48. The SMILES string of the molecule is CC(C)Oc1nc(Cl)nc(N2CCCC(C)(C)CC2)n1. The van der Waals surface area contributed by atoms with E-state index in [1.165, 1.54) is 6.42 Å². The van der Waals surface area contributed by atoms with Crippen LogP contribution < -0.4 is 9.64 Å². The second-order valence-electron chi connectivity index (χ2n) is 6.36. The largest absolute Gasteiger partial charge is 0.461 e. The number of hydrogen-bond acceptors (Lipinski definition) is 5. The van der Waals surface area contributed by atoms with Gasteiger partial charge in [0.25, 0.3) is 0 Å². The maximum atomic E-state index is 5.98. The van der Waals surface area contributed by atoms with E-state index in [0.29, 0.717) is 17.4 Å². The minimum Gasteiger partial charge on any atom is -0.461 e. The first-order chi connectivity index (χ1) is 9.35. The van der Waals surface area contributed by atoms with Crippen LogP contribution in [0.25, 0.3) is 0 Å². The Kier molecular flexibility index (Phi) is 4.68. The van der Waals surface area contributed by atoms with Crippen molar-refractivity contribution in [3.8, 4) is 6.01 Å². The van der Waals surface area contributed by atoms with Crippen LogP contribution in [0.15, 0.2) is 0 Å². The van der Waals surface area contributed by atoms with Gasteiger partial charge >= 0.3 is 6.01 Å². The van der Waals surface area contributed by atoms with Crippen LogP contribution in [0.3, 0.4) is 0 Å². The first-order valence-corrected chi connectivity index (χ1v) is 7.57. The second-order valence-corrected chi connectivity index (χ2v) is 6.70. The lowest BCUT2D eigenvalue weighted by atomic mass is 9.85. The zero-order valence-corrected chi connectivity index (χ0v) is 13.4. The third-order valence-corrected chi connectivity index (χ3v) is 3.71. The van der Waals surface area contributed by atoms with Gasteiger partial charge in [-0.05, 0) is 50.1 Å². The van der Waals surface area contributed by atoms with E-state index in [-0.39, 0.29) is 11.4 Å². The Hall–Kier alpha value is -1.10. The quantitative estimate of drug-likeness (QED) is 0.857. The lowest BCUT2D eigenvalue weighted by molar-refractivity contribution is 0.221. The summed E-state index contributed by atoms with van der Waals surface area (Å²) in [5.41, 5.74) is 0.378. The number of ether oxygens (including phenoxy) is 1. The Morgan fingerprint density at radius 1 is 1.15 bits per heavy atom. The molecule has 1 fully saturated rings. The van der Waals surface area contributed by atoms with Gasteiger partial charge in [-0.15, -0.1) is 0 Å². The molecule has 0 spiro atoms. The minimum absolute atomic E-state index is 0.0179. The number of anilines is 1. The Morgan fingerprint density at radius 3 is 2.60 bits per heavy atom. The summed E-state index contributed by atoms with van der Waals surface area (Å²) >= 11 is 5.98. The zero-order chi connectivity index (χ0) is 14.8. The molecule has 20 heavy (non-hydrogen) atoms. The first kappa shape index (κ1) is 15.3. The number of aromatic nitrogens is 3. The van der Waals surface area contributed by atoms with E-state index >= 15 is 0 Å². The van der Waals surface area contributed by atoms with Crippen molar-refractivity contribution in [3.63, 3.8) is 0 Å². The highest BCUT2D eigenvalue weighted by atomic mass is 35.5. The van der Waals surface area contributed by atoms with Gasteiger partial charge < -0.3 is 9.64 Å². The van der Waals surface area contributed by atoms with Crippen molar-refractivity contribution in [2.24, 2.45) is 5.41 Å². The van der Waals surface area contributed by atoms with E-state index in [1.54, 1.807) is 0 Å².